The first-order valence-corrected chi connectivity index (χ1v) is 9.19. The van der Waals surface area contributed by atoms with E-state index < -0.39 is 11.5 Å². The zero-order chi connectivity index (χ0) is 17.7. The lowest BCUT2D eigenvalue weighted by atomic mass is 10.0. The summed E-state index contributed by atoms with van der Waals surface area (Å²) < 4.78 is 5.68. The summed E-state index contributed by atoms with van der Waals surface area (Å²) in [5.41, 5.74) is 1.19. The smallest absolute Gasteiger partial charge is 0.267 e. The molecule has 132 valence electrons. The molecule has 0 saturated carbocycles. The number of benzene rings is 1. The van der Waals surface area contributed by atoms with Gasteiger partial charge in [-0.25, -0.2) is 0 Å². The minimum atomic E-state index is -0.593. The fourth-order valence-corrected chi connectivity index (χ4v) is 3.02. The number of hydrogen-bond donors (Lipinski definition) is 0. The number of ether oxygens (including phenoxy) is 1. The highest BCUT2D eigenvalue weighted by Gasteiger charge is 2.31. The number of amides is 1. The summed E-state index contributed by atoms with van der Waals surface area (Å²) in [5, 5.41) is -0.593. The summed E-state index contributed by atoms with van der Waals surface area (Å²) in [4.78, 5) is 26.4. The molecule has 1 amide bonds. The third-order valence-electron chi connectivity index (χ3n) is 4.30. The minimum absolute atomic E-state index is 0.0542. The Bertz CT molecular complexity index is 600. The number of anilines is 1. The van der Waals surface area contributed by atoms with Crippen LogP contribution in [0.4, 0.5) is 5.69 Å². The molecule has 2 atom stereocenters. The monoisotopic (exact) mass is 351 g/mol. The molecule has 0 N–H and O–H groups in total. The van der Waals surface area contributed by atoms with Crippen molar-refractivity contribution in [3.05, 3.63) is 23.8 Å². The minimum Gasteiger partial charge on any atom is -0.479 e. The number of hydrogen-bond acceptors (Lipinski definition) is 3. The Morgan fingerprint density at radius 3 is 2.67 bits per heavy atom. The predicted octanol–water partition coefficient (Wildman–Crippen LogP) is 4.58. The number of unbranched alkanes of at least 4 members (excludes halogenated alkanes) is 4. The second-order valence-electron chi connectivity index (χ2n) is 6.33. The van der Waals surface area contributed by atoms with Gasteiger partial charge in [0.15, 0.2) is 11.9 Å². The molecule has 0 fully saturated rings. The molecule has 0 radical (unpaired) electrons. The van der Waals surface area contributed by atoms with E-state index in [4.69, 9.17) is 16.3 Å². The van der Waals surface area contributed by atoms with Crippen LogP contribution in [0.25, 0.3) is 0 Å². The second kappa shape index (κ2) is 8.52. The lowest BCUT2D eigenvalue weighted by molar-refractivity contribution is -0.125. The molecule has 1 heterocycles. The summed E-state index contributed by atoms with van der Waals surface area (Å²) in [5.74, 6) is 0.448. The van der Waals surface area contributed by atoms with Gasteiger partial charge in [0.25, 0.3) is 5.91 Å². The number of alkyl halides is 1. The maximum absolute atomic E-state index is 12.5. The fraction of sp³-hybridized carbons (Fsp3) is 0.579. The number of carbonyl (C=O) groups is 2. The summed E-state index contributed by atoms with van der Waals surface area (Å²) in [7, 11) is 0. The maximum Gasteiger partial charge on any atom is 0.267 e. The van der Waals surface area contributed by atoms with Gasteiger partial charge in [0.1, 0.15) is 5.75 Å². The quantitative estimate of drug-likeness (QED) is 0.391. The van der Waals surface area contributed by atoms with Crippen molar-refractivity contribution in [1.29, 1.82) is 0 Å². The summed E-state index contributed by atoms with van der Waals surface area (Å²) in [6, 6.07) is 5.20. The summed E-state index contributed by atoms with van der Waals surface area (Å²) >= 11 is 5.90. The summed E-state index contributed by atoms with van der Waals surface area (Å²) in [6.45, 7) is 6.24. The number of carbonyl (C=O) groups excluding carboxylic acids is 2. The second-order valence-corrected chi connectivity index (χ2v) is 6.98. The molecule has 5 heteroatoms. The Labute approximate surface area is 149 Å². The van der Waals surface area contributed by atoms with Crippen LogP contribution in [0.1, 0.15) is 63.2 Å². The molecule has 0 bridgehead atoms. The van der Waals surface area contributed by atoms with Crippen molar-refractivity contribution in [3.63, 3.8) is 0 Å². The van der Waals surface area contributed by atoms with Gasteiger partial charge < -0.3 is 9.64 Å². The largest absolute Gasteiger partial charge is 0.479 e. The van der Waals surface area contributed by atoms with Crippen LogP contribution in [0.2, 0.25) is 0 Å². The third kappa shape index (κ3) is 4.29. The maximum atomic E-state index is 12.5. The van der Waals surface area contributed by atoms with E-state index in [1.165, 1.54) is 19.3 Å². The molecule has 0 spiro atoms. The highest BCUT2D eigenvalue weighted by molar-refractivity contribution is 6.33. The molecule has 0 aromatic heterocycles. The van der Waals surface area contributed by atoms with Crippen LogP contribution in [0.5, 0.6) is 5.75 Å². The number of ketones is 1. The first-order chi connectivity index (χ1) is 11.5. The van der Waals surface area contributed by atoms with Gasteiger partial charge >= 0.3 is 0 Å². The topological polar surface area (TPSA) is 46.6 Å². The predicted molar refractivity (Wildman–Crippen MR) is 97.3 cm³/mol. The zero-order valence-electron chi connectivity index (χ0n) is 14.7. The highest BCUT2D eigenvalue weighted by Crippen LogP contribution is 2.35. The molecule has 24 heavy (non-hydrogen) atoms. The van der Waals surface area contributed by atoms with E-state index in [-0.39, 0.29) is 11.7 Å². The lowest BCUT2D eigenvalue weighted by Gasteiger charge is -2.33. The van der Waals surface area contributed by atoms with E-state index >= 15 is 0 Å². The molecule has 0 aliphatic carbocycles. The van der Waals surface area contributed by atoms with Crippen LogP contribution in [0.3, 0.4) is 0 Å². The Morgan fingerprint density at radius 1 is 1.29 bits per heavy atom. The average molecular weight is 352 g/mol. The zero-order valence-corrected chi connectivity index (χ0v) is 15.4. The van der Waals surface area contributed by atoms with E-state index in [0.717, 1.165) is 12.8 Å². The standard InChI is InChI=1S/C19H26ClNO3/c1-4-5-6-7-8-11-21-16-12-15(18(22)13(2)20)9-10-17(16)24-14(3)19(21)23/h9-10,12-14H,4-8,11H2,1-3H3. The Morgan fingerprint density at radius 2 is 2.00 bits per heavy atom. The van der Waals surface area contributed by atoms with Gasteiger partial charge in [0, 0.05) is 12.1 Å². The Kier molecular flexibility index (Phi) is 6.67. The van der Waals surface area contributed by atoms with Crippen molar-refractivity contribution in [2.45, 2.75) is 64.4 Å². The van der Waals surface area contributed by atoms with Gasteiger partial charge in [0.2, 0.25) is 0 Å². The number of fused-ring (bicyclic) bond motifs is 1. The molecule has 1 aliphatic rings. The molecule has 2 unspecified atom stereocenters. The summed E-state index contributed by atoms with van der Waals surface area (Å²) in [6.07, 6.45) is 5.14. The lowest BCUT2D eigenvalue weighted by Crippen LogP contribution is -2.45. The van der Waals surface area contributed by atoms with Crippen molar-refractivity contribution < 1.29 is 14.3 Å². The van der Waals surface area contributed by atoms with E-state index in [1.54, 1.807) is 36.9 Å². The van der Waals surface area contributed by atoms with E-state index in [1.807, 2.05) is 0 Å². The van der Waals surface area contributed by atoms with Gasteiger partial charge in [-0.2, -0.15) is 0 Å². The van der Waals surface area contributed by atoms with Crippen LogP contribution >= 0.6 is 11.6 Å². The van der Waals surface area contributed by atoms with Gasteiger partial charge in [-0.05, 0) is 38.5 Å². The molecular formula is C19H26ClNO3. The molecular weight excluding hydrogens is 326 g/mol. The number of rotatable bonds is 8. The fourth-order valence-electron chi connectivity index (χ4n) is 2.89. The number of halogens is 1. The van der Waals surface area contributed by atoms with Crippen LogP contribution in [0.15, 0.2) is 18.2 Å². The van der Waals surface area contributed by atoms with Crippen LogP contribution in [-0.2, 0) is 4.79 Å². The van der Waals surface area contributed by atoms with E-state index in [9.17, 15) is 9.59 Å². The van der Waals surface area contributed by atoms with Gasteiger partial charge in [-0.15, -0.1) is 11.6 Å². The van der Waals surface area contributed by atoms with Crippen molar-refractivity contribution in [2.24, 2.45) is 0 Å². The number of Topliss-reactive ketones (excluding diaryl/α,β-unsaturated/α-hetero) is 1. The molecule has 2 rings (SSSR count). The average Bonchev–Trinajstić information content (AvgIpc) is 2.56. The first kappa shape index (κ1) is 18.8. The molecule has 0 saturated heterocycles. The number of nitrogens with zero attached hydrogens (tertiary/aromatic N) is 1. The van der Waals surface area contributed by atoms with Crippen molar-refractivity contribution in [1.82, 2.24) is 0 Å². The Hall–Kier alpha value is -1.55. The van der Waals surface area contributed by atoms with Gasteiger partial charge in [0.05, 0.1) is 11.1 Å². The Balaban J connectivity index is 2.19. The molecule has 4 nitrogen and oxygen atoms in total. The van der Waals surface area contributed by atoms with Gasteiger partial charge in [-0.1, -0.05) is 32.6 Å². The van der Waals surface area contributed by atoms with Crippen LogP contribution in [-0.4, -0.2) is 29.7 Å². The van der Waals surface area contributed by atoms with Gasteiger partial charge in [-0.3, -0.25) is 9.59 Å². The SMILES string of the molecule is CCCCCCCN1C(=O)C(C)Oc2ccc(C(=O)C(C)Cl)cc21. The normalized spacial score (nSPS) is 18.1. The third-order valence-corrected chi connectivity index (χ3v) is 4.50. The first-order valence-electron chi connectivity index (χ1n) is 8.76. The molecule has 1 aliphatic heterocycles. The van der Waals surface area contributed by atoms with E-state index in [0.29, 0.717) is 23.5 Å². The van der Waals surface area contributed by atoms with Crippen molar-refractivity contribution in [3.8, 4) is 5.75 Å². The van der Waals surface area contributed by atoms with Crippen molar-refractivity contribution in [2.75, 3.05) is 11.4 Å². The van der Waals surface area contributed by atoms with Crippen LogP contribution in [0, 0.1) is 0 Å². The molecule has 1 aromatic rings. The van der Waals surface area contributed by atoms with Crippen LogP contribution < -0.4 is 9.64 Å². The van der Waals surface area contributed by atoms with E-state index in [2.05, 4.69) is 6.92 Å². The van der Waals surface area contributed by atoms with Crippen molar-refractivity contribution >= 4 is 29.0 Å². The molecule has 1 aromatic carbocycles. The highest BCUT2D eigenvalue weighted by atomic mass is 35.5.